The molecule has 122 valence electrons. The molecule has 5 heteroatoms. The average molecular weight is 323 g/mol. The molecule has 1 heterocycles. The van der Waals surface area contributed by atoms with Crippen molar-refractivity contribution in [2.45, 2.75) is 44.8 Å². The summed E-state index contributed by atoms with van der Waals surface area (Å²) in [5.41, 5.74) is 0.962. The van der Waals surface area contributed by atoms with E-state index >= 15 is 0 Å². The molecule has 1 N–H and O–H groups in total. The molecule has 0 aromatic heterocycles. The molecular weight excluding hydrogens is 298 g/mol. The first-order valence-corrected chi connectivity index (χ1v) is 8.47. The first-order chi connectivity index (χ1) is 10.2. The third-order valence-corrected chi connectivity index (χ3v) is 4.79. The van der Waals surface area contributed by atoms with Gasteiger partial charge in [0.25, 0.3) is 0 Å². The van der Waals surface area contributed by atoms with Crippen molar-refractivity contribution in [3.05, 3.63) is 23.8 Å². The second-order valence-corrected chi connectivity index (χ2v) is 8.93. The molecule has 1 aromatic rings. The number of carbonyl (C=O) groups excluding carboxylic acids is 1. The van der Waals surface area contributed by atoms with E-state index in [2.05, 4.69) is 39.9 Å². The molecule has 0 atom stereocenters. The molecule has 0 fully saturated rings. The lowest BCUT2D eigenvalue weighted by Crippen LogP contribution is -2.38. The van der Waals surface area contributed by atoms with Crippen LogP contribution in [-0.4, -0.2) is 29.7 Å². The van der Waals surface area contributed by atoms with Crippen molar-refractivity contribution < 1.29 is 14.3 Å². The van der Waals surface area contributed by atoms with Gasteiger partial charge in [-0.25, -0.2) is 0 Å². The smallest absolute Gasteiger partial charge is 0.231 e. The fourth-order valence-electron chi connectivity index (χ4n) is 2.07. The maximum Gasteiger partial charge on any atom is 0.231 e. The second-order valence-electron chi connectivity index (χ2n) is 7.13. The quantitative estimate of drug-likeness (QED) is 0.903. The van der Waals surface area contributed by atoms with Gasteiger partial charge in [0.05, 0.1) is 5.75 Å². The van der Waals surface area contributed by atoms with E-state index in [-0.39, 0.29) is 22.9 Å². The number of nitrogens with one attached hydrogen (secondary N) is 1. The van der Waals surface area contributed by atoms with Gasteiger partial charge in [0, 0.05) is 16.7 Å². The fourth-order valence-corrected chi connectivity index (χ4v) is 2.74. The Morgan fingerprint density at radius 1 is 1.18 bits per heavy atom. The van der Waals surface area contributed by atoms with E-state index in [4.69, 9.17) is 9.47 Å². The Balaban J connectivity index is 1.92. The van der Waals surface area contributed by atoms with Crippen LogP contribution < -0.4 is 14.8 Å². The number of carbonyl (C=O) groups is 1. The van der Waals surface area contributed by atoms with Crippen LogP contribution in [0.25, 0.3) is 0 Å². The average Bonchev–Trinajstić information content (AvgIpc) is 2.89. The van der Waals surface area contributed by atoms with Gasteiger partial charge in [0.15, 0.2) is 11.5 Å². The van der Waals surface area contributed by atoms with Gasteiger partial charge in [-0.1, -0.05) is 40.7 Å². The number of amides is 1. The summed E-state index contributed by atoms with van der Waals surface area (Å²) < 4.78 is 10.9. The summed E-state index contributed by atoms with van der Waals surface area (Å²) in [6.07, 6.45) is 0. The van der Waals surface area contributed by atoms with E-state index in [1.54, 1.807) is 11.8 Å². The topological polar surface area (TPSA) is 47.6 Å². The van der Waals surface area contributed by atoms with Gasteiger partial charge in [0.2, 0.25) is 12.7 Å². The molecule has 0 unspecified atom stereocenters. The minimum absolute atomic E-state index is 0.0775. The molecule has 1 aliphatic heterocycles. The van der Waals surface area contributed by atoms with E-state index in [9.17, 15) is 4.79 Å². The Morgan fingerprint density at radius 3 is 2.55 bits per heavy atom. The van der Waals surface area contributed by atoms with Gasteiger partial charge in [-0.2, -0.15) is 0 Å². The normalized spacial score (nSPS) is 14.0. The number of thioether (sulfide) groups is 1. The lowest BCUT2D eigenvalue weighted by atomic mass is 9.84. The fraction of sp³-hybridized carbons (Fsp3) is 0.588. The van der Waals surface area contributed by atoms with Gasteiger partial charge in [0.1, 0.15) is 0 Å². The molecule has 1 amide bonds. The SMILES string of the molecule is CC(C)(C)SCC(=O)NCC(C)(C)c1ccc2c(c1)OCO2. The lowest BCUT2D eigenvalue weighted by molar-refractivity contribution is -0.118. The molecule has 0 bridgehead atoms. The van der Waals surface area contributed by atoms with Gasteiger partial charge in [-0.15, -0.1) is 11.8 Å². The zero-order valence-corrected chi connectivity index (χ0v) is 14.8. The van der Waals surface area contributed by atoms with Crippen LogP contribution in [-0.2, 0) is 10.2 Å². The molecule has 4 nitrogen and oxygen atoms in total. The molecule has 0 aliphatic carbocycles. The van der Waals surface area contributed by atoms with Crippen LogP contribution in [0.1, 0.15) is 40.2 Å². The van der Waals surface area contributed by atoms with Crippen molar-refractivity contribution in [3.8, 4) is 11.5 Å². The van der Waals surface area contributed by atoms with Crippen LogP contribution in [0.2, 0.25) is 0 Å². The van der Waals surface area contributed by atoms with Crippen molar-refractivity contribution in [1.29, 1.82) is 0 Å². The molecule has 1 aromatic carbocycles. The summed E-state index contributed by atoms with van der Waals surface area (Å²) in [5.74, 6) is 2.12. The highest BCUT2D eigenvalue weighted by Gasteiger charge is 2.25. The van der Waals surface area contributed by atoms with Crippen LogP contribution >= 0.6 is 11.8 Å². The Morgan fingerprint density at radius 2 is 1.86 bits per heavy atom. The summed E-state index contributed by atoms with van der Waals surface area (Å²) in [4.78, 5) is 12.0. The van der Waals surface area contributed by atoms with Crippen molar-refractivity contribution in [1.82, 2.24) is 5.32 Å². The largest absolute Gasteiger partial charge is 0.454 e. The highest BCUT2D eigenvalue weighted by atomic mass is 32.2. The second kappa shape index (κ2) is 6.41. The molecule has 0 saturated carbocycles. The Hall–Kier alpha value is -1.36. The maximum atomic E-state index is 12.0. The third-order valence-electron chi connectivity index (χ3n) is 3.52. The highest BCUT2D eigenvalue weighted by molar-refractivity contribution is 8.01. The molecule has 0 spiro atoms. The molecule has 0 saturated heterocycles. The Labute approximate surface area is 137 Å². The van der Waals surface area contributed by atoms with Gasteiger partial charge in [-0.05, 0) is 17.7 Å². The number of fused-ring (bicyclic) bond motifs is 1. The van der Waals surface area contributed by atoms with E-state index in [1.165, 1.54) is 0 Å². The number of hydrogen-bond acceptors (Lipinski definition) is 4. The van der Waals surface area contributed by atoms with Crippen LogP contribution in [0.15, 0.2) is 18.2 Å². The minimum Gasteiger partial charge on any atom is -0.454 e. The Bertz CT molecular complexity index is 549. The molecule has 22 heavy (non-hydrogen) atoms. The van der Waals surface area contributed by atoms with E-state index in [0.717, 1.165) is 17.1 Å². The molecule has 2 rings (SSSR count). The molecule has 1 aliphatic rings. The van der Waals surface area contributed by atoms with Gasteiger partial charge in [-0.3, -0.25) is 4.79 Å². The number of ether oxygens (including phenoxy) is 2. The van der Waals surface area contributed by atoms with E-state index < -0.39 is 0 Å². The van der Waals surface area contributed by atoms with Crippen LogP contribution in [0.3, 0.4) is 0 Å². The zero-order chi connectivity index (χ0) is 16.4. The van der Waals surface area contributed by atoms with Gasteiger partial charge >= 0.3 is 0 Å². The maximum absolute atomic E-state index is 12.0. The summed E-state index contributed by atoms with van der Waals surface area (Å²) in [6.45, 7) is 11.4. The highest BCUT2D eigenvalue weighted by Crippen LogP contribution is 2.36. The van der Waals surface area contributed by atoms with Crippen LogP contribution in [0.4, 0.5) is 0 Å². The first kappa shape index (κ1) is 17.0. The number of benzene rings is 1. The summed E-state index contributed by atoms with van der Waals surface area (Å²) in [5, 5.41) is 3.03. The summed E-state index contributed by atoms with van der Waals surface area (Å²) in [6, 6.07) is 5.96. The number of rotatable bonds is 5. The van der Waals surface area contributed by atoms with Crippen molar-refractivity contribution in [2.24, 2.45) is 0 Å². The standard InChI is InChI=1S/C17H25NO3S/c1-16(2,3)22-9-15(19)18-10-17(4,5)12-6-7-13-14(8-12)21-11-20-13/h6-8H,9-11H2,1-5H3,(H,18,19). The molecular formula is C17H25NO3S. The Kier molecular flexibility index (Phi) is 4.95. The first-order valence-electron chi connectivity index (χ1n) is 7.48. The van der Waals surface area contributed by atoms with Gasteiger partial charge < -0.3 is 14.8 Å². The lowest BCUT2D eigenvalue weighted by Gasteiger charge is -2.26. The molecule has 0 radical (unpaired) electrons. The van der Waals surface area contributed by atoms with E-state index in [0.29, 0.717) is 12.3 Å². The third kappa shape index (κ3) is 4.57. The zero-order valence-electron chi connectivity index (χ0n) is 14.0. The van der Waals surface area contributed by atoms with Crippen molar-refractivity contribution in [3.63, 3.8) is 0 Å². The predicted molar refractivity (Wildman–Crippen MR) is 90.8 cm³/mol. The predicted octanol–water partition coefficient (Wildman–Crippen LogP) is 3.34. The summed E-state index contributed by atoms with van der Waals surface area (Å²) >= 11 is 1.66. The summed E-state index contributed by atoms with van der Waals surface area (Å²) in [7, 11) is 0. The monoisotopic (exact) mass is 323 g/mol. The number of hydrogen-bond donors (Lipinski definition) is 1. The van der Waals surface area contributed by atoms with Crippen LogP contribution in [0.5, 0.6) is 11.5 Å². The minimum atomic E-state index is -0.164. The van der Waals surface area contributed by atoms with Crippen molar-refractivity contribution in [2.75, 3.05) is 19.1 Å². The van der Waals surface area contributed by atoms with Crippen LogP contribution in [0, 0.1) is 0 Å². The van der Waals surface area contributed by atoms with Crippen molar-refractivity contribution >= 4 is 17.7 Å². The van der Waals surface area contributed by atoms with E-state index in [1.807, 2.05) is 18.2 Å².